The summed E-state index contributed by atoms with van der Waals surface area (Å²) in [6.45, 7) is 0.274. The summed E-state index contributed by atoms with van der Waals surface area (Å²) < 4.78 is 49.0. The molecule has 0 amide bonds. The maximum atomic E-state index is 12.6. The van der Waals surface area contributed by atoms with Gasteiger partial charge in [0.05, 0.1) is 34.6 Å². The summed E-state index contributed by atoms with van der Waals surface area (Å²) in [6.07, 6.45) is -2.86. The zero-order valence-electron chi connectivity index (χ0n) is 16.2. The Hall–Kier alpha value is -2.90. The third-order valence-corrected chi connectivity index (χ3v) is 4.92. The number of halogens is 5. The van der Waals surface area contributed by atoms with Crippen molar-refractivity contribution >= 4 is 35.1 Å². The smallest absolute Gasteiger partial charge is 0.416 e. The average Bonchev–Trinajstić information content (AvgIpc) is 2.74. The van der Waals surface area contributed by atoms with Gasteiger partial charge in [0.2, 0.25) is 0 Å². The molecule has 0 saturated carbocycles. The van der Waals surface area contributed by atoms with Crippen LogP contribution in [0.3, 0.4) is 0 Å². The first-order valence-corrected chi connectivity index (χ1v) is 9.73. The van der Waals surface area contributed by atoms with Crippen molar-refractivity contribution in [3.63, 3.8) is 0 Å². The number of ether oxygens (including phenoxy) is 2. The van der Waals surface area contributed by atoms with Gasteiger partial charge in [0, 0.05) is 0 Å². The number of hydrazone groups is 1. The van der Waals surface area contributed by atoms with E-state index in [9.17, 15) is 13.2 Å². The molecule has 0 fully saturated rings. The summed E-state index contributed by atoms with van der Waals surface area (Å²) >= 11 is 11.9. The molecule has 3 aromatic rings. The second-order valence-corrected chi connectivity index (χ2v) is 7.21. The summed E-state index contributed by atoms with van der Waals surface area (Å²) in [5.74, 6) is 1.03. The molecule has 162 valence electrons. The molecule has 1 N–H and O–H groups in total. The van der Waals surface area contributed by atoms with Gasteiger partial charge in [-0.25, -0.2) is 0 Å². The van der Waals surface area contributed by atoms with E-state index in [2.05, 4.69) is 10.5 Å². The molecule has 31 heavy (non-hydrogen) atoms. The molecule has 0 spiro atoms. The van der Waals surface area contributed by atoms with E-state index in [4.69, 9.17) is 32.7 Å². The van der Waals surface area contributed by atoms with Gasteiger partial charge in [0.15, 0.2) is 11.5 Å². The molecule has 0 aliphatic rings. The minimum absolute atomic E-state index is 0.274. The Balaban J connectivity index is 1.63. The number of nitrogens with one attached hydrogen (secondary N) is 1. The van der Waals surface area contributed by atoms with Crippen LogP contribution >= 0.6 is 23.2 Å². The zero-order valence-corrected chi connectivity index (χ0v) is 17.7. The average molecular weight is 469 g/mol. The molecule has 0 unspecified atom stereocenters. The Morgan fingerprint density at radius 2 is 1.68 bits per heavy atom. The third kappa shape index (κ3) is 6.29. The Kier molecular flexibility index (Phi) is 7.30. The number of alkyl halides is 3. The van der Waals surface area contributed by atoms with Crippen LogP contribution in [0.2, 0.25) is 10.0 Å². The number of rotatable bonds is 7. The van der Waals surface area contributed by atoms with Gasteiger partial charge in [-0.2, -0.15) is 18.3 Å². The summed E-state index contributed by atoms with van der Waals surface area (Å²) in [6, 6.07) is 15.0. The van der Waals surface area contributed by atoms with Gasteiger partial charge in [-0.3, -0.25) is 5.43 Å². The van der Waals surface area contributed by atoms with E-state index >= 15 is 0 Å². The number of hydrogen-bond acceptors (Lipinski definition) is 4. The van der Waals surface area contributed by atoms with Crippen LogP contribution in [0.15, 0.2) is 65.8 Å². The molecule has 0 aromatic heterocycles. The van der Waals surface area contributed by atoms with Crippen LogP contribution in [-0.2, 0) is 12.8 Å². The first-order valence-electron chi connectivity index (χ1n) is 8.97. The highest BCUT2D eigenvalue weighted by atomic mass is 35.5. The molecule has 0 saturated heterocycles. The summed E-state index contributed by atoms with van der Waals surface area (Å²) in [7, 11) is 1.52. The standard InChI is InChI=1S/C22H17Cl2F3N2O2/c1-30-21-11-14(12-28-29-17-6-4-16(5-7-17)22(25,26)27)3-9-20(21)31-13-15-2-8-18(23)19(24)10-15/h2-12,29H,13H2,1H3. The highest BCUT2D eigenvalue weighted by molar-refractivity contribution is 6.42. The Morgan fingerprint density at radius 3 is 2.32 bits per heavy atom. The van der Waals surface area contributed by atoms with Crippen molar-refractivity contribution < 1.29 is 22.6 Å². The Morgan fingerprint density at radius 1 is 0.935 bits per heavy atom. The molecule has 3 aromatic carbocycles. The van der Waals surface area contributed by atoms with Crippen molar-refractivity contribution in [1.29, 1.82) is 0 Å². The lowest BCUT2D eigenvalue weighted by molar-refractivity contribution is -0.137. The van der Waals surface area contributed by atoms with E-state index < -0.39 is 11.7 Å². The molecule has 0 aliphatic heterocycles. The molecule has 4 nitrogen and oxygen atoms in total. The normalized spacial score (nSPS) is 11.5. The van der Waals surface area contributed by atoms with E-state index in [0.29, 0.717) is 32.8 Å². The van der Waals surface area contributed by atoms with Crippen LogP contribution in [0, 0.1) is 0 Å². The number of benzene rings is 3. The quantitative estimate of drug-likeness (QED) is 0.298. The second-order valence-electron chi connectivity index (χ2n) is 6.39. The Labute approximate surface area is 187 Å². The first-order chi connectivity index (χ1) is 14.8. The summed E-state index contributed by atoms with van der Waals surface area (Å²) in [5, 5.41) is 4.96. The van der Waals surface area contributed by atoms with E-state index in [0.717, 1.165) is 17.7 Å². The fraction of sp³-hybridized carbons (Fsp3) is 0.136. The monoisotopic (exact) mass is 468 g/mol. The van der Waals surface area contributed by atoms with Crippen LogP contribution in [-0.4, -0.2) is 13.3 Å². The van der Waals surface area contributed by atoms with E-state index in [1.54, 1.807) is 30.3 Å². The highest BCUT2D eigenvalue weighted by Crippen LogP contribution is 2.31. The minimum Gasteiger partial charge on any atom is -0.493 e. The number of methoxy groups -OCH3 is 1. The van der Waals surface area contributed by atoms with E-state index in [1.165, 1.54) is 25.5 Å². The van der Waals surface area contributed by atoms with Crippen LogP contribution in [0.4, 0.5) is 18.9 Å². The molecule has 3 rings (SSSR count). The van der Waals surface area contributed by atoms with Crippen molar-refractivity contribution in [3.05, 3.63) is 87.4 Å². The minimum atomic E-state index is -4.37. The van der Waals surface area contributed by atoms with Crippen molar-refractivity contribution in [1.82, 2.24) is 0 Å². The largest absolute Gasteiger partial charge is 0.493 e. The van der Waals surface area contributed by atoms with Crippen molar-refractivity contribution in [2.24, 2.45) is 5.10 Å². The molecule has 0 aliphatic carbocycles. The van der Waals surface area contributed by atoms with Crippen LogP contribution in [0.1, 0.15) is 16.7 Å². The zero-order chi connectivity index (χ0) is 22.4. The molecule has 0 bridgehead atoms. The number of anilines is 1. The fourth-order valence-electron chi connectivity index (χ4n) is 2.59. The van der Waals surface area contributed by atoms with Crippen molar-refractivity contribution in [2.45, 2.75) is 12.8 Å². The Bertz CT molecular complexity index is 1070. The predicted molar refractivity (Wildman–Crippen MR) is 116 cm³/mol. The SMILES string of the molecule is COc1cc(C=NNc2ccc(C(F)(F)F)cc2)ccc1OCc1ccc(Cl)c(Cl)c1. The van der Waals surface area contributed by atoms with Gasteiger partial charge >= 0.3 is 6.18 Å². The van der Waals surface area contributed by atoms with Crippen molar-refractivity contribution in [2.75, 3.05) is 12.5 Å². The van der Waals surface area contributed by atoms with E-state index in [-0.39, 0.29) is 6.61 Å². The van der Waals surface area contributed by atoms with Crippen LogP contribution < -0.4 is 14.9 Å². The molecular formula is C22H17Cl2F3N2O2. The van der Waals surface area contributed by atoms with Gasteiger partial charge in [0.1, 0.15) is 6.61 Å². The molecule has 0 radical (unpaired) electrons. The maximum absolute atomic E-state index is 12.6. The van der Waals surface area contributed by atoms with Gasteiger partial charge in [-0.1, -0.05) is 29.3 Å². The van der Waals surface area contributed by atoms with Gasteiger partial charge < -0.3 is 9.47 Å². The lowest BCUT2D eigenvalue weighted by Crippen LogP contribution is -2.04. The second kappa shape index (κ2) is 9.94. The molecule has 9 heteroatoms. The van der Waals surface area contributed by atoms with Gasteiger partial charge in [0.25, 0.3) is 0 Å². The lowest BCUT2D eigenvalue weighted by atomic mass is 10.2. The van der Waals surface area contributed by atoms with Crippen molar-refractivity contribution in [3.8, 4) is 11.5 Å². The predicted octanol–water partition coefficient (Wildman–Crippen LogP) is 7.05. The summed E-state index contributed by atoms with van der Waals surface area (Å²) in [4.78, 5) is 0. The van der Waals surface area contributed by atoms with Gasteiger partial charge in [-0.05, 0) is 65.7 Å². The van der Waals surface area contributed by atoms with Crippen LogP contribution in [0.25, 0.3) is 0 Å². The first kappa shape index (κ1) is 22.8. The number of nitrogens with zero attached hydrogens (tertiary/aromatic N) is 1. The highest BCUT2D eigenvalue weighted by Gasteiger charge is 2.29. The lowest BCUT2D eigenvalue weighted by Gasteiger charge is -2.12. The van der Waals surface area contributed by atoms with Gasteiger partial charge in [-0.15, -0.1) is 0 Å². The molecule has 0 heterocycles. The third-order valence-electron chi connectivity index (χ3n) is 4.19. The summed E-state index contributed by atoms with van der Waals surface area (Å²) in [5.41, 5.74) is 3.95. The molecule has 0 atom stereocenters. The van der Waals surface area contributed by atoms with E-state index in [1.807, 2.05) is 6.07 Å². The topological polar surface area (TPSA) is 42.8 Å². The van der Waals surface area contributed by atoms with Crippen LogP contribution in [0.5, 0.6) is 11.5 Å². The number of hydrogen-bond donors (Lipinski definition) is 1. The molecular weight excluding hydrogens is 452 g/mol. The maximum Gasteiger partial charge on any atom is 0.416 e. The fourth-order valence-corrected chi connectivity index (χ4v) is 2.91.